The minimum atomic E-state index is -0.557. The molecule has 1 aliphatic heterocycles. The van der Waals surface area contributed by atoms with Crippen molar-refractivity contribution in [3.8, 4) is 0 Å². The molecule has 0 aliphatic carbocycles. The zero-order chi connectivity index (χ0) is 14.6. The van der Waals surface area contributed by atoms with Gasteiger partial charge in [0.15, 0.2) is 0 Å². The minimum Gasteiger partial charge on any atom is -0.465 e. The second-order valence-electron chi connectivity index (χ2n) is 5.85. The van der Waals surface area contributed by atoms with E-state index in [1.54, 1.807) is 25.7 Å². The lowest BCUT2D eigenvalue weighted by molar-refractivity contribution is -0.144. The van der Waals surface area contributed by atoms with Crippen LogP contribution in [-0.2, 0) is 14.3 Å². The summed E-state index contributed by atoms with van der Waals surface area (Å²) in [6, 6.07) is 0. The summed E-state index contributed by atoms with van der Waals surface area (Å²) in [6.45, 7) is 7.65. The number of amides is 1. The summed E-state index contributed by atoms with van der Waals surface area (Å²) in [7, 11) is 0. The van der Waals surface area contributed by atoms with Crippen molar-refractivity contribution in [1.29, 1.82) is 0 Å². The largest absolute Gasteiger partial charge is 0.465 e. The molecule has 1 saturated heterocycles. The van der Waals surface area contributed by atoms with Crippen LogP contribution in [-0.4, -0.2) is 53.5 Å². The summed E-state index contributed by atoms with van der Waals surface area (Å²) in [5.74, 6) is -0.647. The van der Waals surface area contributed by atoms with E-state index in [1.165, 1.54) is 6.92 Å². The predicted molar refractivity (Wildman–Crippen MR) is 68.6 cm³/mol. The maximum atomic E-state index is 11.9. The van der Waals surface area contributed by atoms with Crippen LogP contribution in [0.3, 0.4) is 0 Å². The number of piperidine rings is 1. The molecule has 2 atom stereocenters. The molecule has 19 heavy (non-hydrogen) atoms. The second-order valence-corrected chi connectivity index (χ2v) is 5.85. The summed E-state index contributed by atoms with van der Waals surface area (Å²) >= 11 is 0. The fraction of sp³-hybridized carbons (Fsp3) is 0.846. The maximum Gasteiger partial charge on any atom is 0.410 e. The lowest BCUT2D eigenvalue weighted by Crippen LogP contribution is -2.49. The topological polar surface area (TPSA) is 76.1 Å². The average Bonchev–Trinajstić information content (AvgIpc) is 2.25. The Morgan fingerprint density at radius 3 is 2.53 bits per heavy atom. The van der Waals surface area contributed by atoms with Gasteiger partial charge in [0.05, 0.1) is 12.7 Å². The maximum absolute atomic E-state index is 11.9. The Labute approximate surface area is 113 Å². The number of nitrogens with zero attached hydrogens (tertiary/aromatic N) is 1. The van der Waals surface area contributed by atoms with Crippen molar-refractivity contribution in [3.63, 3.8) is 0 Å². The van der Waals surface area contributed by atoms with Gasteiger partial charge in [-0.2, -0.15) is 0 Å². The predicted octanol–water partition coefficient (Wildman–Crippen LogP) is 1.17. The highest BCUT2D eigenvalue weighted by atomic mass is 16.6. The van der Waals surface area contributed by atoms with E-state index in [2.05, 4.69) is 0 Å². The molecule has 1 amide bonds. The van der Waals surface area contributed by atoms with Crippen LogP contribution >= 0.6 is 0 Å². The van der Waals surface area contributed by atoms with Crippen LogP contribution in [0.25, 0.3) is 0 Å². The van der Waals surface area contributed by atoms with E-state index in [-0.39, 0.29) is 18.5 Å². The van der Waals surface area contributed by atoms with Gasteiger partial charge in [-0.1, -0.05) is 0 Å². The van der Waals surface area contributed by atoms with Gasteiger partial charge in [-0.3, -0.25) is 4.79 Å². The molecule has 6 heteroatoms. The molecule has 0 aromatic heterocycles. The molecule has 6 nitrogen and oxygen atoms in total. The van der Waals surface area contributed by atoms with Gasteiger partial charge in [-0.25, -0.2) is 4.79 Å². The van der Waals surface area contributed by atoms with E-state index in [9.17, 15) is 14.7 Å². The van der Waals surface area contributed by atoms with Gasteiger partial charge in [0.2, 0.25) is 0 Å². The highest BCUT2D eigenvalue weighted by molar-refractivity contribution is 5.68. The van der Waals surface area contributed by atoms with Gasteiger partial charge >= 0.3 is 12.1 Å². The van der Waals surface area contributed by atoms with E-state index in [0.29, 0.717) is 19.5 Å². The number of ether oxygens (including phenoxy) is 2. The first-order valence-corrected chi connectivity index (χ1v) is 6.48. The molecule has 0 unspecified atom stereocenters. The molecule has 0 aromatic carbocycles. The molecule has 110 valence electrons. The molecule has 1 aliphatic rings. The van der Waals surface area contributed by atoms with Gasteiger partial charge in [-0.15, -0.1) is 0 Å². The Hall–Kier alpha value is -1.30. The van der Waals surface area contributed by atoms with Crippen molar-refractivity contribution in [2.24, 2.45) is 5.92 Å². The fourth-order valence-electron chi connectivity index (χ4n) is 1.90. The Kier molecular flexibility index (Phi) is 5.17. The molecule has 1 heterocycles. The lowest BCUT2D eigenvalue weighted by Gasteiger charge is -2.36. The third kappa shape index (κ3) is 5.46. The molecule has 0 spiro atoms. The first kappa shape index (κ1) is 15.8. The molecular formula is C13H23NO5. The Morgan fingerprint density at radius 1 is 1.37 bits per heavy atom. The van der Waals surface area contributed by atoms with E-state index in [1.807, 2.05) is 0 Å². The molecule has 1 fully saturated rings. The van der Waals surface area contributed by atoms with E-state index in [4.69, 9.17) is 9.47 Å². The molecule has 0 bridgehead atoms. The number of carbonyl (C=O) groups excluding carboxylic acids is 2. The third-order valence-electron chi connectivity index (χ3n) is 2.85. The monoisotopic (exact) mass is 273 g/mol. The van der Waals surface area contributed by atoms with Crippen LogP contribution in [0.5, 0.6) is 0 Å². The van der Waals surface area contributed by atoms with Crippen LogP contribution in [0.4, 0.5) is 4.79 Å². The zero-order valence-electron chi connectivity index (χ0n) is 12.0. The number of likely N-dealkylation sites (tertiary alicyclic amines) is 1. The van der Waals surface area contributed by atoms with Crippen molar-refractivity contribution in [2.75, 3.05) is 19.7 Å². The first-order chi connectivity index (χ1) is 8.69. The van der Waals surface area contributed by atoms with E-state index in [0.717, 1.165) is 0 Å². The normalized spacial score (nSPS) is 23.9. The number of carbonyl (C=O) groups is 2. The van der Waals surface area contributed by atoms with Crippen LogP contribution in [0.15, 0.2) is 0 Å². The minimum absolute atomic E-state index is 0.121. The lowest BCUT2D eigenvalue weighted by atomic mass is 9.96. The smallest absolute Gasteiger partial charge is 0.410 e. The van der Waals surface area contributed by atoms with E-state index >= 15 is 0 Å². The Morgan fingerprint density at radius 2 is 2.00 bits per heavy atom. The molecular weight excluding hydrogens is 250 g/mol. The number of aliphatic hydroxyl groups excluding tert-OH is 1. The number of rotatable bonds is 2. The third-order valence-corrected chi connectivity index (χ3v) is 2.85. The SMILES string of the molecule is CC(=O)OC[C@H]1CN(C(=O)OC(C)(C)C)CC[C@H]1O. The highest BCUT2D eigenvalue weighted by Gasteiger charge is 2.33. The Balaban J connectivity index is 2.53. The number of hydrogen-bond donors (Lipinski definition) is 1. The molecule has 0 radical (unpaired) electrons. The molecule has 0 saturated carbocycles. The first-order valence-electron chi connectivity index (χ1n) is 6.48. The summed E-state index contributed by atoms with van der Waals surface area (Å²) in [4.78, 5) is 24.3. The van der Waals surface area contributed by atoms with Crippen molar-refractivity contribution in [2.45, 2.75) is 45.8 Å². The zero-order valence-corrected chi connectivity index (χ0v) is 12.0. The fourth-order valence-corrected chi connectivity index (χ4v) is 1.90. The number of esters is 1. The Bertz CT molecular complexity index is 336. The quantitative estimate of drug-likeness (QED) is 0.764. The summed E-state index contributed by atoms with van der Waals surface area (Å²) in [6.07, 6.45) is -0.490. The van der Waals surface area contributed by atoms with Crippen molar-refractivity contribution < 1.29 is 24.2 Å². The van der Waals surface area contributed by atoms with Crippen LogP contribution < -0.4 is 0 Å². The van der Waals surface area contributed by atoms with Gasteiger partial charge < -0.3 is 19.5 Å². The van der Waals surface area contributed by atoms with Crippen molar-refractivity contribution in [1.82, 2.24) is 4.90 Å². The van der Waals surface area contributed by atoms with Crippen LogP contribution in [0.1, 0.15) is 34.1 Å². The van der Waals surface area contributed by atoms with Crippen LogP contribution in [0.2, 0.25) is 0 Å². The summed E-state index contributed by atoms with van der Waals surface area (Å²) in [5, 5.41) is 9.84. The van der Waals surface area contributed by atoms with Gasteiger partial charge in [0.25, 0.3) is 0 Å². The van der Waals surface area contributed by atoms with Gasteiger partial charge in [0, 0.05) is 25.9 Å². The van der Waals surface area contributed by atoms with E-state index < -0.39 is 17.8 Å². The highest BCUT2D eigenvalue weighted by Crippen LogP contribution is 2.20. The molecule has 0 aromatic rings. The summed E-state index contributed by atoms with van der Waals surface area (Å²) < 4.78 is 10.2. The number of hydrogen-bond acceptors (Lipinski definition) is 5. The van der Waals surface area contributed by atoms with Gasteiger partial charge in [-0.05, 0) is 27.2 Å². The second kappa shape index (κ2) is 6.23. The number of aliphatic hydroxyl groups is 1. The molecule has 1 rings (SSSR count). The standard InChI is InChI=1S/C13H23NO5/c1-9(15)18-8-10-7-14(6-5-11(10)16)12(17)19-13(2,3)4/h10-11,16H,5-8H2,1-4H3/t10-,11-/m1/s1. The molecule has 1 N–H and O–H groups in total. The van der Waals surface area contributed by atoms with Crippen molar-refractivity contribution >= 4 is 12.1 Å². The average molecular weight is 273 g/mol. The van der Waals surface area contributed by atoms with Crippen LogP contribution in [0, 0.1) is 5.92 Å². The van der Waals surface area contributed by atoms with Crippen molar-refractivity contribution in [3.05, 3.63) is 0 Å². The van der Waals surface area contributed by atoms with Gasteiger partial charge in [0.1, 0.15) is 5.60 Å². The summed E-state index contributed by atoms with van der Waals surface area (Å²) in [5.41, 5.74) is -0.543.